The number of oxazole rings is 1. The Bertz CT molecular complexity index is 790. The summed E-state index contributed by atoms with van der Waals surface area (Å²) in [5.74, 6) is 3.29. The number of hydrogen-bond acceptors (Lipinski definition) is 6. The van der Waals surface area contributed by atoms with Gasteiger partial charge in [-0.2, -0.15) is 0 Å². The molecule has 0 unspecified atom stereocenters. The Morgan fingerprint density at radius 2 is 1.86 bits per heavy atom. The Morgan fingerprint density at radius 3 is 2.41 bits per heavy atom. The van der Waals surface area contributed by atoms with E-state index in [2.05, 4.69) is 37.4 Å². The third kappa shape index (κ3) is 6.92. The smallest absolute Gasteiger partial charge is 0.208 e. The summed E-state index contributed by atoms with van der Waals surface area (Å²) < 4.78 is 5.72. The van der Waals surface area contributed by atoms with Crippen LogP contribution in [0.15, 0.2) is 9.41 Å². The van der Waals surface area contributed by atoms with Crippen molar-refractivity contribution < 1.29 is 4.42 Å². The number of aromatic nitrogens is 2. The highest BCUT2D eigenvalue weighted by Gasteiger charge is 2.21. The van der Waals surface area contributed by atoms with Gasteiger partial charge < -0.3 is 15.1 Å². The van der Waals surface area contributed by atoms with Gasteiger partial charge in [0.05, 0.1) is 29.5 Å². The normalized spacial score (nSPS) is 16.0. The number of guanidine groups is 1. The molecule has 1 fully saturated rings. The van der Waals surface area contributed by atoms with Gasteiger partial charge in [-0.1, -0.05) is 0 Å². The lowest BCUT2D eigenvalue weighted by molar-refractivity contribution is 0.164. The van der Waals surface area contributed by atoms with Crippen LogP contribution in [-0.2, 0) is 13.1 Å². The van der Waals surface area contributed by atoms with Crippen molar-refractivity contribution in [1.29, 1.82) is 0 Å². The number of thiazole rings is 1. The molecule has 0 saturated carbocycles. The second kappa shape index (κ2) is 11.3. The van der Waals surface area contributed by atoms with Crippen molar-refractivity contribution in [2.75, 3.05) is 26.7 Å². The number of nitrogens with zero attached hydrogens (tertiary/aromatic N) is 4. The molecule has 0 atom stereocenters. The van der Waals surface area contributed by atoms with Crippen LogP contribution in [0.2, 0.25) is 0 Å². The highest BCUT2D eigenvalue weighted by atomic mass is 127. The Labute approximate surface area is 194 Å². The molecule has 2 aromatic heterocycles. The molecule has 3 heterocycles. The minimum absolute atomic E-state index is 0. The van der Waals surface area contributed by atoms with Gasteiger partial charge in [-0.3, -0.25) is 9.89 Å². The molecule has 0 radical (unpaired) electrons. The average molecular weight is 532 g/mol. The molecular formula is C20H33IN6OS. The number of halogens is 1. The lowest BCUT2D eigenvalue weighted by Crippen LogP contribution is -2.42. The molecule has 162 valence electrons. The SMILES string of the molecule is CN=C(NCc1sc(C)nc1C)NCC1CCN(Cc2nc(C)c(C)o2)CC1.I. The Kier molecular flexibility index (Phi) is 9.35. The molecule has 0 amide bonds. The first kappa shape index (κ1) is 24.1. The van der Waals surface area contributed by atoms with Crippen molar-refractivity contribution in [3.05, 3.63) is 32.9 Å². The first-order chi connectivity index (χ1) is 13.4. The van der Waals surface area contributed by atoms with Crippen LogP contribution in [0.25, 0.3) is 0 Å². The van der Waals surface area contributed by atoms with Crippen LogP contribution in [0.5, 0.6) is 0 Å². The molecule has 1 saturated heterocycles. The van der Waals surface area contributed by atoms with Crippen LogP contribution in [-0.4, -0.2) is 47.5 Å². The van der Waals surface area contributed by atoms with E-state index in [9.17, 15) is 0 Å². The van der Waals surface area contributed by atoms with E-state index in [-0.39, 0.29) is 24.0 Å². The van der Waals surface area contributed by atoms with Crippen molar-refractivity contribution >= 4 is 41.3 Å². The van der Waals surface area contributed by atoms with Crippen LogP contribution in [0, 0.1) is 33.6 Å². The number of hydrogen-bond donors (Lipinski definition) is 2. The molecule has 0 aromatic carbocycles. The summed E-state index contributed by atoms with van der Waals surface area (Å²) in [4.78, 5) is 17.0. The van der Waals surface area contributed by atoms with Crippen LogP contribution >= 0.6 is 35.3 Å². The van der Waals surface area contributed by atoms with E-state index in [0.717, 1.165) is 66.7 Å². The Hall–Kier alpha value is -1.20. The van der Waals surface area contributed by atoms with Crippen LogP contribution < -0.4 is 10.6 Å². The quantitative estimate of drug-likeness (QED) is 0.337. The monoisotopic (exact) mass is 532 g/mol. The standard InChI is InChI=1S/C20H32N6OS.HI/c1-13-15(3)27-19(25-13)12-26-8-6-17(7-9-26)10-22-20(21-5)23-11-18-14(2)24-16(4)28-18;/h17H,6-12H2,1-5H3,(H2,21,22,23);1H. The molecule has 0 bridgehead atoms. The summed E-state index contributed by atoms with van der Waals surface area (Å²) >= 11 is 1.74. The molecule has 1 aliphatic rings. The topological polar surface area (TPSA) is 78.6 Å². The van der Waals surface area contributed by atoms with E-state index in [0.29, 0.717) is 5.92 Å². The van der Waals surface area contributed by atoms with Gasteiger partial charge in [0.15, 0.2) is 5.96 Å². The summed E-state index contributed by atoms with van der Waals surface area (Å²) in [7, 11) is 1.82. The molecule has 3 rings (SSSR count). The third-order valence-electron chi connectivity index (χ3n) is 5.34. The Morgan fingerprint density at radius 1 is 1.14 bits per heavy atom. The summed E-state index contributed by atoms with van der Waals surface area (Å²) in [6.07, 6.45) is 2.35. The van der Waals surface area contributed by atoms with Crippen molar-refractivity contribution in [3.63, 3.8) is 0 Å². The van der Waals surface area contributed by atoms with E-state index in [1.54, 1.807) is 11.3 Å². The highest BCUT2D eigenvalue weighted by Crippen LogP contribution is 2.19. The summed E-state index contributed by atoms with van der Waals surface area (Å²) in [5, 5.41) is 8.00. The van der Waals surface area contributed by atoms with Crippen molar-refractivity contribution in [1.82, 2.24) is 25.5 Å². The maximum absolute atomic E-state index is 5.72. The largest absolute Gasteiger partial charge is 0.444 e. The van der Waals surface area contributed by atoms with E-state index >= 15 is 0 Å². The van der Waals surface area contributed by atoms with Gasteiger partial charge in [0.1, 0.15) is 5.76 Å². The summed E-state index contributed by atoms with van der Waals surface area (Å²) in [6.45, 7) is 12.8. The van der Waals surface area contributed by atoms with Crippen molar-refractivity contribution in [2.45, 2.75) is 53.6 Å². The zero-order chi connectivity index (χ0) is 20.1. The number of rotatable bonds is 6. The van der Waals surface area contributed by atoms with Gasteiger partial charge >= 0.3 is 0 Å². The minimum Gasteiger partial charge on any atom is -0.444 e. The van der Waals surface area contributed by atoms with Crippen molar-refractivity contribution in [3.8, 4) is 0 Å². The number of nitrogens with one attached hydrogen (secondary N) is 2. The first-order valence-corrected chi connectivity index (χ1v) is 10.8. The minimum atomic E-state index is 0. The van der Waals surface area contributed by atoms with Gasteiger partial charge in [-0.05, 0) is 59.5 Å². The fourth-order valence-electron chi connectivity index (χ4n) is 3.51. The lowest BCUT2D eigenvalue weighted by atomic mass is 9.97. The van der Waals surface area contributed by atoms with Crippen LogP contribution in [0.4, 0.5) is 0 Å². The van der Waals surface area contributed by atoms with Gasteiger partial charge in [0.2, 0.25) is 5.89 Å². The molecule has 9 heteroatoms. The van der Waals surface area contributed by atoms with Crippen LogP contribution in [0.3, 0.4) is 0 Å². The van der Waals surface area contributed by atoms with Gasteiger partial charge in [0.25, 0.3) is 0 Å². The molecule has 2 N–H and O–H groups in total. The maximum atomic E-state index is 5.72. The van der Waals surface area contributed by atoms with Gasteiger partial charge in [-0.15, -0.1) is 35.3 Å². The highest BCUT2D eigenvalue weighted by molar-refractivity contribution is 14.0. The second-order valence-corrected chi connectivity index (χ2v) is 8.80. The molecule has 2 aromatic rings. The summed E-state index contributed by atoms with van der Waals surface area (Å²) in [5.41, 5.74) is 2.10. The molecule has 0 aliphatic carbocycles. The van der Waals surface area contributed by atoms with E-state index in [1.807, 2.05) is 27.8 Å². The molecule has 7 nitrogen and oxygen atoms in total. The number of piperidine rings is 1. The average Bonchev–Trinajstić information content (AvgIpc) is 3.16. The third-order valence-corrected chi connectivity index (χ3v) is 6.41. The van der Waals surface area contributed by atoms with Gasteiger partial charge in [-0.25, -0.2) is 9.97 Å². The number of likely N-dealkylation sites (tertiary alicyclic amines) is 1. The predicted octanol–water partition coefficient (Wildman–Crippen LogP) is 3.56. The maximum Gasteiger partial charge on any atom is 0.208 e. The zero-order valence-electron chi connectivity index (χ0n) is 18.0. The first-order valence-electron chi connectivity index (χ1n) is 9.97. The number of aliphatic imine (C=N–C) groups is 1. The van der Waals surface area contributed by atoms with E-state index in [1.165, 1.54) is 17.7 Å². The lowest BCUT2D eigenvalue weighted by Gasteiger charge is -2.31. The summed E-state index contributed by atoms with van der Waals surface area (Å²) in [6, 6.07) is 0. The Balaban J connectivity index is 0.00000300. The van der Waals surface area contributed by atoms with E-state index < -0.39 is 0 Å². The fourth-order valence-corrected chi connectivity index (χ4v) is 4.39. The molecule has 0 spiro atoms. The van der Waals surface area contributed by atoms with Crippen LogP contribution in [0.1, 0.15) is 45.8 Å². The van der Waals surface area contributed by atoms with E-state index in [4.69, 9.17) is 4.42 Å². The fraction of sp³-hybridized carbons (Fsp3) is 0.650. The molecule has 29 heavy (non-hydrogen) atoms. The van der Waals surface area contributed by atoms with Crippen molar-refractivity contribution in [2.24, 2.45) is 10.9 Å². The second-order valence-electron chi connectivity index (χ2n) is 7.52. The number of aryl methyl sites for hydroxylation is 4. The van der Waals surface area contributed by atoms with Gasteiger partial charge in [0, 0.05) is 18.5 Å². The molecular weight excluding hydrogens is 499 g/mol. The predicted molar refractivity (Wildman–Crippen MR) is 129 cm³/mol. The zero-order valence-corrected chi connectivity index (χ0v) is 21.2. The molecule has 1 aliphatic heterocycles.